The molecule has 2 aromatic carbocycles. The summed E-state index contributed by atoms with van der Waals surface area (Å²) in [4.78, 5) is 14.5. The Kier molecular flexibility index (Phi) is 6.06. The van der Waals surface area contributed by atoms with E-state index in [0.717, 1.165) is 70.2 Å². The zero-order valence-electron chi connectivity index (χ0n) is 20.1. The van der Waals surface area contributed by atoms with Crippen LogP contribution >= 0.6 is 0 Å². The average molecular weight is 459 g/mol. The molecule has 1 aliphatic heterocycles. The maximum Gasteiger partial charge on any atom is 0.140 e. The number of nitrogens with one attached hydrogen (secondary N) is 1. The van der Waals surface area contributed by atoms with E-state index in [4.69, 9.17) is 19.4 Å². The summed E-state index contributed by atoms with van der Waals surface area (Å²) < 4.78 is 11.5. The number of H-pyrrole nitrogens is 1. The lowest BCUT2D eigenvalue weighted by molar-refractivity contribution is 0.257. The monoisotopic (exact) mass is 458 g/mol. The van der Waals surface area contributed by atoms with Gasteiger partial charge in [0.25, 0.3) is 0 Å². The van der Waals surface area contributed by atoms with Gasteiger partial charge >= 0.3 is 0 Å². The Bertz CT molecular complexity index is 1290. The number of fused-ring (bicyclic) bond motifs is 2. The molecule has 34 heavy (non-hydrogen) atoms. The first-order chi connectivity index (χ1) is 16.5. The van der Waals surface area contributed by atoms with Gasteiger partial charge in [-0.2, -0.15) is 5.10 Å². The molecule has 0 fully saturated rings. The fourth-order valence-electron chi connectivity index (χ4n) is 4.31. The Morgan fingerprint density at radius 1 is 1.06 bits per heavy atom. The summed E-state index contributed by atoms with van der Waals surface area (Å²) in [5, 5.41) is 8.02. The first-order valence-corrected chi connectivity index (χ1v) is 11.5. The largest absolute Gasteiger partial charge is 0.497 e. The van der Waals surface area contributed by atoms with Gasteiger partial charge in [-0.05, 0) is 62.0 Å². The van der Waals surface area contributed by atoms with Crippen molar-refractivity contribution < 1.29 is 9.47 Å². The van der Waals surface area contributed by atoms with Gasteiger partial charge in [0.2, 0.25) is 0 Å². The van der Waals surface area contributed by atoms with Crippen molar-refractivity contribution in [2.75, 3.05) is 52.8 Å². The summed E-state index contributed by atoms with van der Waals surface area (Å²) in [5.41, 5.74) is 4.18. The first-order valence-electron chi connectivity index (χ1n) is 11.5. The maximum absolute atomic E-state index is 6.08. The van der Waals surface area contributed by atoms with E-state index in [1.165, 1.54) is 0 Å². The van der Waals surface area contributed by atoms with Crippen molar-refractivity contribution in [1.82, 2.24) is 25.1 Å². The number of aromatic amines is 1. The van der Waals surface area contributed by atoms with Crippen LogP contribution in [-0.2, 0) is 6.42 Å². The van der Waals surface area contributed by atoms with E-state index in [-0.39, 0.29) is 5.92 Å². The Balaban J connectivity index is 1.55. The second-order valence-corrected chi connectivity index (χ2v) is 9.03. The van der Waals surface area contributed by atoms with Gasteiger partial charge in [-0.1, -0.05) is 6.07 Å². The second-order valence-electron chi connectivity index (χ2n) is 9.03. The van der Waals surface area contributed by atoms with Crippen molar-refractivity contribution in [3.8, 4) is 22.6 Å². The van der Waals surface area contributed by atoms with Gasteiger partial charge in [0.05, 0.1) is 31.3 Å². The smallest absolute Gasteiger partial charge is 0.140 e. The molecule has 8 heteroatoms. The fourth-order valence-corrected chi connectivity index (χ4v) is 4.31. The molecule has 0 saturated carbocycles. The van der Waals surface area contributed by atoms with Crippen molar-refractivity contribution in [3.63, 3.8) is 0 Å². The topological polar surface area (TPSA) is 79.4 Å². The zero-order valence-corrected chi connectivity index (χ0v) is 20.1. The predicted octanol–water partition coefficient (Wildman–Crippen LogP) is 3.75. The Labute approximate surface area is 199 Å². The number of benzene rings is 2. The number of rotatable bonds is 7. The summed E-state index contributed by atoms with van der Waals surface area (Å²) in [5.74, 6) is 3.55. The van der Waals surface area contributed by atoms with Gasteiger partial charge in [0.1, 0.15) is 23.1 Å². The van der Waals surface area contributed by atoms with Crippen molar-refractivity contribution >= 4 is 16.7 Å². The van der Waals surface area contributed by atoms with Gasteiger partial charge in [0, 0.05) is 37.3 Å². The quantitative estimate of drug-likeness (QED) is 0.452. The van der Waals surface area contributed by atoms with Crippen LogP contribution in [0.4, 0.5) is 5.82 Å². The lowest BCUT2D eigenvalue weighted by Gasteiger charge is -2.27. The number of aromatic nitrogens is 4. The summed E-state index contributed by atoms with van der Waals surface area (Å²) in [6.45, 7) is 2.34. The van der Waals surface area contributed by atoms with Gasteiger partial charge in [0.15, 0.2) is 0 Å². The maximum atomic E-state index is 6.08. The molecule has 4 aromatic rings. The minimum absolute atomic E-state index is 0.0681. The Morgan fingerprint density at radius 2 is 1.94 bits per heavy atom. The van der Waals surface area contributed by atoms with Crippen molar-refractivity contribution in [2.45, 2.75) is 12.3 Å². The highest BCUT2D eigenvalue weighted by atomic mass is 16.5. The van der Waals surface area contributed by atoms with Crippen LogP contribution in [0.1, 0.15) is 17.3 Å². The zero-order chi connectivity index (χ0) is 23.7. The van der Waals surface area contributed by atoms with Gasteiger partial charge in [-0.3, -0.25) is 5.10 Å². The fraction of sp³-hybridized carbons (Fsp3) is 0.346. The van der Waals surface area contributed by atoms with Gasteiger partial charge < -0.3 is 19.3 Å². The molecule has 0 bridgehead atoms. The minimum Gasteiger partial charge on any atom is -0.497 e. The molecule has 0 spiro atoms. The number of hydrogen-bond donors (Lipinski definition) is 1. The van der Waals surface area contributed by atoms with Crippen LogP contribution in [0.15, 0.2) is 48.8 Å². The highest BCUT2D eigenvalue weighted by Gasteiger charge is 2.26. The minimum atomic E-state index is 0.0681. The molecule has 176 valence electrons. The molecule has 3 heterocycles. The van der Waals surface area contributed by atoms with E-state index in [2.05, 4.69) is 59.3 Å². The Morgan fingerprint density at radius 3 is 2.71 bits per heavy atom. The molecule has 2 aromatic heterocycles. The van der Waals surface area contributed by atoms with Crippen LogP contribution in [0.2, 0.25) is 0 Å². The summed E-state index contributed by atoms with van der Waals surface area (Å²) in [6, 6.07) is 12.3. The number of likely N-dealkylation sites (N-methyl/N-ethyl adjacent to an activating group) is 2. The van der Waals surface area contributed by atoms with Crippen LogP contribution in [-0.4, -0.2) is 73.0 Å². The average Bonchev–Trinajstić information content (AvgIpc) is 3.40. The van der Waals surface area contributed by atoms with E-state index in [9.17, 15) is 0 Å². The number of anilines is 1. The molecule has 8 nitrogen and oxygen atoms in total. The molecule has 5 rings (SSSR count). The third kappa shape index (κ3) is 4.41. The highest BCUT2D eigenvalue weighted by molar-refractivity contribution is 5.93. The van der Waals surface area contributed by atoms with E-state index in [0.29, 0.717) is 6.61 Å². The van der Waals surface area contributed by atoms with Crippen LogP contribution < -0.4 is 14.4 Å². The van der Waals surface area contributed by atoms with Crippen LogP contribution in [0.3, 0.4) is 0 Å². The van der Waals surface area contributed by atoms with Gasteiger partial charge in [-0.15, -0.1) is 0 Å². The highest BCUT2D eigenvalue weighted by Crippen LogP contribution is 2.36. The van der Waals surface area contributed by atoms with E-state index >= 15 is 0 Å². The molecule has 1 atom stereocenters. The molecular formula is C26H30N6O2. The predicted molar refractivity (Wildman–Crippen MR) is 134 cm³/mol. The molecule has 0 aliphatic carbocycles. The number of nitrogens with zero attached hydrogens (tertiary/aromatic N) is 5. The molecule has 0 unspecified atom stereocenters. The summed E-state index contributed by atoms with van der Waals surface area (Å²) >= 11 is 0. The van der Waals surface area contributed by atoms with Crippen molar-refractivity contribution in [1.29, 1.82) is 0 Å². The molecule has 0 saturated heterocycles. The van der Waals surface area contributed by atoms with Crippen LogP contribution in [0, 0.1) is 0 Å². The third-order valence-corrected chi connectivity index (χ3v) is 6.31. The lowest BCUT2D eigenvalue weighted by Crippen LogP contribution is -2.30. The molecule has 0 radical (unpaired) electrons. The third-order valence-electron chi connectivity index (χ3n) is 6.31. The van der Waals surface area contributed by atoms with E-state index in [1.54, 1.807) is 7.11 Å². The first kappa shape index (κ1) is 22.2. The molecule has 0 amide bonds. The van der Waals surface area contributed by atoms with Gasteiger partial charge in [-0.25, -0.2) is 9.97 Å². The SMILES string of the molecule is COc1ccc2c(c1)C[C@H](c1nc(N(C)CCN(C)C)c3cc(-c4cn[nH]c4)ccc3n1)CO2. The van der Waals surface area contributed by atoms with Crippen molar-refractivity contribution in [3.05, 3.63) is 60.2 Å². The molecular weight excluding hydrogens is 428 g/mol. The molecule has 1 aliphatic rings. The molecule has 1 N–H and O–H groups in total. The van der Waals surface area contributed by atoms with Crippen molar-refractivity contribution in [2.24, 2.45) is 0 Å². The Hall–Kier alpha value is -3.65. The number of ether oxygens (including phenoxy) is 2. The van der Waals surface area contributed by atoms with E-state index < -0.39 is 0 Å². The van der Waals surface area contributed by atoms with Crippen LogP contribution in [0.25, 0.3) is 22.0 Å². The van der Waals surface area contributed by atoms with E-state index in [1.807, 2.05) is 30.6 Å². The number of hydrogen-bond acceptors (Lipinski definition) is 7. The lowest BCUT2D eigenvalue weighted by atomic mass is 9.95. The van der Waals surface area contributed by atoms with Crippen LogP contribution in [0.5, 0.6) is 11.5 Å². The standard InChI is InChI=1S/C26H30N6O2/c1-31(2)9-10-32(3)26-22-13-17(20-14-27-28-15-20)5-7-23(22)29-25(30-26)19-11-18-12-21(33-4)6-8-24(18)34-16-19/h5-8,12-15,19H,9-11,16H2,1-4H3,(H,27,28)/t19-/m0/s1. The number of methoxy groups -OCH3 is 1. The second kappa shape index (κ2) is 9.30. The summed E-state index contributed by atoms with van der Waals surface area (Å²) in [7, 11) is 7.94. The summed E-state index contributed by atoms with van der Waals surface area (Å²) in [6.07, 6.45) is 4.54. The normalized spacial score (nSPS) is 15.3.